The first kappa shape index (κ1) is 16.5. The molecule has 1 amide bonds. The molecule has 0 radical (unpaired) electrons. The molecule has 0 aliphatic rings. The quantitative estimate of drug-likeness (QED) is 0.567. The summed E-state index contributed by atoms with van der Waals surface area (Å²) in [4.78, 5) is 24.5. The molecule has 3 aromatic heterocycles. The molecule has 4 aromatic rings. The summed E-state index contributed by atoms with van der Waals surface area (Å²) in [5, 5.41) is 8.86. The van der Waals surface area contributed by atoms with Gasteiger partial charge < -0.3 is 10.3 Å². The van der Waals surface area contributed by atoms with Gasteiger partial charge in [-0.3, -0.25) is 4.79 Å². The fourth-order valence-electron chi connectivity index (χ4n) is 2.75. The molecule has 0 spiro atoms. The van der Waals surface area contributed by atoms with E-state index in [1.54, 1.807) is 29.3 Å². The SMILES string of the molecule is CC(C)(C)NC(=O)c1c[nH]c2ncc(-n3ncc4cc(Cl)ccc43)nc12. The first-order valence-electron chi connectivity index (χ1n) is 8.12. The molecule has 0 aliphatic heterocycles. The van der Waals surface area contributed by atoms with Gasteiger partial charge in [-0.25, -0.2) is 14.6 Å². The summed E-state index contributed by atoms with van der Waals surface area (Å²) in [7, 11) is 0. The minimum absolute atomic E-state index is 0.202. The number of hydrogen-bond donors (Lipinski definition) is 2. The van der Waals surface area contributed by atoms with Crippen molar-refractivity contribution in [2.45, 2.75) is 26.3 Å². The average Bonchev–Trinajstić information content (AvgIpc) is 3.15. The molecule has 0 unspecified atom stereocenters. The van der Waals surface area contributed by atoms with E-state index in [-0.39, 0.29) is 11.4 Å². The highest BCUT2D eigenvalue weighted by molar-refractivity contribution is 6.31. The number of rotatable bonds is 2. The number of hydrogen-bond acceptors (Lipinski definition) is 4. The van der Waals surface area contributed by atoms with Crippen molar-refractivity contribution >= 4 is 39.6 Å². The number of nitrogens with zero attached hydrogens (tertiary/aromatic N) is 4. The zero-order chi connectivity index (χ0) is 18.5. The Morgan fingerprint density at radius 1 is 1.27 bits per heavy atom. The number of fused-ring (bicyclic) bond motifs is 2. The summed E-state index contributed by atoms with van der Waals surface area (Å²) in [6.45, 7) is 5.79. The maximum absolute atomic E-state index is 12.5. The largest absolute Gasteiger partial charge is 0.347 e. The first-order chi connectivity index (χ1) is 12.3. The second-order valence-electron chi connectivity index (χ2n) is 7.09. The van der Waals surface area contributed by atoms with Crippen LogP contribution in [0.15, 0.2) is 36.8 Å². The van der Waals surface area contributed by atoms with E-state index in [1.807, 2.05) is 32.9 Å². The van der Waals surface area contributed by atoms with E-state index in [0.29, 0.717) is 27.6 Å². The van der Waals surface area contributed by atoms with Gasteiger partial charge in [-0.15, -0.1) is 0 Å². The van der Waals surface area contributed by atoms with Gasteiger partial charge in [-0.05, 0) is 39.0 Å². The number of carbonyl (C=O) groups excluding carboxylic acids is 1. The zero-order valence-electron chi connectivity index (χ0n) is 14.5. The minimum Gasteiger partial charge on any atom is -0.347 e. The highest BCUT2D eigenvalue weighted by atomic mass is 35.5. The molecular formula is C18H17ClN6O. The van der Waals surface area contributed by atoms with E-state index in [9.17, 15) is 4.79 Å². The average molecular weight is 369 g/mol. The van der Waals surface area contributed by atoms with E-state index >= 15 is 0 Å². The van der Waals surface area contributed by atoms with Crippen LogP contribution in [0.25, 0.3) is 27.9 Å². The summed E-state index contributed by atoms with van der Waals surface area (Å²) >= 11 is 6.03. The first-order valence-corrected chi connectivity index (χ1v) is 8.50. The molecule has 0 saturated heterocycles. The third-order valence-corrected chi connectivity index (χ3v) is 4.08. The zero-order valence-corrected chi connectivity index (χ0v) is 15.3. The Bertz CT molecular complexity index is 1140. The van der Waals surface area contributed by atoms with Crippen molar-refractivity contribution in [1.29, 1.82) is 0 Å². The van der Waals surface area contributed by atoms with Crippen LogP contribution in [0.2, 0.25) is 5.02 Å². The van der Waals surface area contributed by atoms with Crippen molar-refractivity contribution in [3.63, 3.8) is 0 Å². The van der Waals surface area contributed by atoms with Crippen molar-refractivity contribution in [3.05, 3.63) is 47.4 Å². The van der Waals surface area contributed by atoms with Crippen LogP contribution in [0.1, 0.15) is 31.1 Å². The molecule has 0 bridgehead atoms. The Labute approximate surface area is 154 Å². The number of benzene rings is 1. The normalized spacial score (nSPS) is 12.0. The molecule has 7 nitrogen and oxygen atoms in total. The van der Waals surface area contributed by atoms with Gasteiger partial charge in [-0.1, -0.05) is 11.6 Å². The summed E-state index contributed by atoms with van der Waals surface area (Å²) in [6, 6.07) is 5.51. The van der Waals surface area contributed by atoms with Gasteiger partial charge in [-0.2, -0.15) is 5.10 Å². The van der Waals surface area contributed by atoms with Crippen molar-refractivity contribution in [2.75, 3.05) is 0 Å². The predicted octanol–water partition coefficient (Wildman–Crippen LogP) is 3.48. The van der Waals surface area contributed by atoms with Crippen LogP contribution >= 0.6 is 11.6 Å². The molecule has 0 fully saturated rings. The van der Waals surface area contributed by atoms with Crippen LogP contribution in [0, 0.1) is 0 Å². The Morgan fingerprint density at radius 2 is 2.08 bits per heavy atom. The van der Waals surface area contributed by atoms with Gasteiger partial charge in [0, 0.05) is 22.1 Å². The van der Waals surface area contributed by atoms with E-state index in [1.165, 1.54) is 0 Å². The van der Waals surface area contributed by atoms with Crippen LogP contribution in [0.5, 0.6) is 0 Å². The Morgan fingerprint density at radius 3 is 2.85 bits per heavy atom. The van der Waals surface area contributed by atoms with Gasteiger partial charge in [0.25, 0.3) is 5.91 Å². The lowest BCUT2D eigenvalue weighted by molar-refractivity contribution is 0.0921. The molecule has 8 heteroatoms. The third-order valence-electron chi connectivity index (χ3n) is 3.85. The molecule has 0 aliphatic carbocycles. The second kappa shape index (κ2) is 5.81. The van der Waals surface area contributed by atoms with E-state index in [0.717, 1.165) is 10.9 Å². The molecular weight excluding hydrogens is 352 g/mol. The maximum atomic E-state index is 12.5. The summed E-state index contributed by atoms with van der Waals surface area (Å²) in [5.41, 5.74) is 2.01. The predicted molar refractivity (Wildman–Crippen MR) is 101 cm³/mol. The maximum Gasteiger partial charge on any atom is 0.255 e. The Balaban J connectivity index is 1.82. The van der Waals surface area contributed by atoms with Crippen molar-refractivity contribution in [3.8, 4) is 5.82 Å². The number of H-pyrrole nitrogens is 1. The van der Waals surface area contributed by atoms with Crippen LogP contribution in [-0.2, 0) is 0 Å². The standard InChI is InChI=1S/C18H17ClN6O/c1-18(2,3)24-17(26)12-8-20-16-15(12)23-14(9-21-16)25-13-5-4-11(19)6-10(13)7-22-25/h4-9H,1-3H3,(H,20,21)(H,24,26). The fraction of sp³-hybridized carbons (Fsp3) is 0.222. The highest BCUT2D eigenvalue weighted by Gasteiger charge is 2.20. The monoisotopic (exact) mass is 368 g/mol. The Hall–Kier alpha value is -2.93. The van der Waals surface area contributed by atoms with Crippen LogP contribution in [-0.4, -0.2) is 36.2 Å². The van der Waals surface area contributed by atoms with Gasteiger partial charge in [0.2, 0.25) is 0 Å². The number of amides is 1. The van der Waals surface area contributed by atoms with Crippen molar-refractivity contribution < 1.29 is 4.79 Å². The van der Waals surface area contributed by atoms with Crippen molar-refractivity contribution in [2.24, 2.45) is 0 Å². The number of halogens is 1. The van der Waals surface area contributed by atoms with Gasteiger partial charge >= 0.3 is 0 Å². The molecule has 2 N–H and O–H groups in total. The van der Waals surface area contributed by atoms with E-state index in [2.05, 4.69) is 25.4 Å². The lowest BCUT2D eigenvalue weighted by Crippen LogP contribution is -2.40. The summed E-state index contributed by atoms with van der Waals surface area (Å²) < 4.78 is 1.68. The minimum atomic E-state index is -0.344. The molecule has 26 heavy (non-hydrogen) atoms. The summed E-state index contributed by atoms with van der Waals surface area (Å²) in [6.07, 6.45) is 4.96. The molecule has 132 valence electrons. The third kappa shape index (κ3) is 2.90. The molecule has 0 atom stereocenters. The Kier molecular flexibility index (Phi) is 3.69. The smallest absolute Gasteiger partial charge is 0.255 e. The van der Waals surface area contributed by atoms with Crippen LogP contribution in [0.4, 0.5) is 0 Å². The van der Waals surface area contributed by atoms with Crippen LogP contribution < -0.4 is 5.32 Å². The van der Waals surface area contributed by atoms with Gasteiger partial charge in [0.1, 0.15) is 5.52 Å². The van der Waals surface area contributed by atoms with Crippen LogP contribution in [0.3, 0.4) is 0 Å². The molecule has 3 heterocycles. The topological polar surface area (TPSA) is 88.5 Å². The molecule has 0 saturated carbocycles. The molecule has 4 rings (SSSR count). The lowest BCUT2D eigenvalue weighted by atomic mass is 10.1. The number of carbonyl (C=O) groups is 1. The number of nitrogens with one attached hydrogen (secondary N) is 2. The van der Waals surface area contributed by atoms with E-state index < -0.39 is 0 Å². The fourth-order valence-corrected chi connectivity index (χ4v) is 2.93. The van der Waals surface area contributed by atoms with E-state index in [4.69, 9.17) is 11.6 Å². The molecule has 1 aromatic carbocycles. The highest BCUT2D eigenvalue weighted by Crippen LogP contribution is 2.22. The van der Waals surface area contributed by atoms with Gasteiger partial charge in [0.05, 0.1) is 23.5 Å². The number of aromatic nitrogens is 5. The van der Waals surface area contributed by atoms with Crippen molar-refractivity contribution in [1.82, 2.24) is 30.0 Å². The number of aromatic amines is 1. The summed E-state index contributed by atoms with van der Waals surface area (Å²) in [5.74, 6) is 0.325. The lowest BCUT2D eigenvalue weighted by Gasteiger charge is -2.20. The second-order valence-corrected chi connectivity index (χ2v) is 7.53. The van der Waals surface area contributed by atoms with Gasteiger partial charge in [0.15, 0.2) is 11.5 Å².